The van der Waals surface area contributed by atoms with E-state index in [1.54, 1.807) is 6.08 Å². The van der Waals surface area contributed by atoms with Crippen LogP contribution in [0.25, 0.3) is 0 Å². The molecule has 0 aliphatic heterocycles. The van der Waals surface area contributed by atoms with Gasteiger partial charge in [0.15, 0.2) is 5.96 Å². The summed E-state index contributed by atoms with van der Waals surface area (Å²) in [5.74, 6) is 1.88. The summed E-state index contributed by atoms with van der Waals surface area (Å²) in [6.07, 6.45) is 1.75. The first kappa shape index (κ1) is 18.1. The summed E-state index contributed by atoms with van der Waals surface area (Å²) >= 11 is 0. The number of benzene rings is 1. The van der Waals surface area contributed by atoms with Crippen LogP contribution in [0.5, 0.6) is 5.75 Å². The highest BCUT2D eigenvalue weighted by molar-refractivity contribution is 5.78. The van der Waals surface area contributed by atoms with Gasteiger partial charge in [-0.3, -0.25) is 4.99 Å². The minimum atomic E-state index is -0.0863. The number of rotatable bonds is 8. The molecule has 0 spiro atoms. The molecule has 0 bridgehead atoms. The lowest BCUT2D eigenvalue weighted by atomic mass is 9.85. The third-order valence-electron chi connectivity index (χ3n) is 3.29. The van der Waals surface area contributed by atoms with Crippen LogP contribution in [-0.4, -0.2) is 25.7 Å². The van der Waals surface area contributed by atoms with E-state index in [9.17, 15) is 0 Å². The Labute approximate surface area is 134 Å². The molecule has 0 aliphatic rings. The molecule has 0 saturated carbocycles. The molecule has 0 heterocycles. The van der Waals surface area contributed by atoms with Crippen LogP contribution in [0.15, 0.2) is 41.9 Å². The zero-order chi connectivity index (χ0) is 16.6. The Balaban J connectivity index is 2.66. The van der Waals surface area contributed by atoms with E-state index < -0.39 is 0 Å². The fraction of sp³-hybridized carbons (Fsp3) is 0.500. The van der Waals surface area contributed by atoms with Crippen LogP contribution in [0, 0.1) is 5.92 Å². The molecule has 1 rings (SSSR count). The highest BCUT2D eigenvalue weighted by Crippen LogP contribution is 2.25. The van der Waals surface area contributed by atoms with E-state index in [1.807, 2.05) is 12.1 Å². The van der Waals surface area contributed by atoms with Crippen LogP contribution in [0.4, 0.5) is 0 Å². The first-order valence-electron chi connectivity index (χ1n) is 7.73. The highest BCUT2D eigenvalue weighted by Gasteiger charge is 2.20. The fourth-order valence-corrected chi connectivity index (χ4v) is 1.87. The Bertz CT molecular complexity index is 490. The summed E-state index contributed by atoms with van der Waals surface area (Å²) in [6.45, 7) is 14.2. The molecule has 1 aromatic carbocycles. The smallest absolute Gasteiger partial charge is 0.188 e. The van der Waals surface area contributed by atoms with Gasteiger partial charge in [-0.2, -0.15) is 0 Å². The lowest BCUT2D eigenvalue weighted by Crippen LogP contribution is -2.33. The number of aliphatic imine (C=N–C) groups is 1. The summed E-state index contributed by atoms with van der Waals surface area (Å²) < 4.78 is 5.71. The number of guanidine groups is 1. The predicted octanol–water partition coefficient (Wildman–Crippen LogP) is 3.09. The Morgan fingerprint density at radius 1 is 1.36 bits per heavy atom. The van der Waals surface area contributed by atoms with Crippen molar-refractivity contribution in [1.82, 2.24) is 5.32 Å². The van der Waals surface area contributed by atoms with E-state index in [2.05, 4.69) is 56.7 Å². The SMILES string of the molecule is C=CCNC(N)=NCC(C)(C)c1ccc(OCC(C)C)cc1. The van der Waals surface area contributed by atoms with Gasteiger partial charge in [0, 0.05) is 12.0 Å². The Hall–Kier alpha value is -1.97. The fourth-order valence-electron chi connectivity index (χ4n) is 1.87. The molecular formula is C18H29N3O. The monoisotopic (exact) mass is 303 g/mol. The molecule has 1 aromatic rings. The summed E-state index contributed by atoms with van der Waals surface area (Å²) in [5.41, 5.74) is 6.93. The second-order valence-electron chi connectivity index (χ2n) is 6.48. The normalized spacial score (nSPS) is 12.3. The molecule has 4 nitrogen and oxygen atoms in total. The first-order chi connectivity index (χ1) is 10.3. The average Bonchev–Trinajstić information content (AvgIpc) is 2.49. The number of nitrogens with zero attached hydrogens (tertiary/aromatic N) is 1. The summed E-state index contributed by atoms with van der Waals surface area (Å²) in [5, 5.41) is 2.98. The molecule has 0 fully saturated rings. The second kappa shape index (κ2) is 8.47. The maximum atomic E-state index is 5.81. The second-order valence-corrected chi connectivity index (χ2v) is 6.48. The Kier molecular flexibility index (Phi) is 6.96. The molecule has 0 atom stereocenters. The van der Waals surface area contributed by atoms with Gasteiger partial charge in [0.05, 0.1) is 13.2 Å². The standard InChI is InChI=1S/C18H29N3O/c1-6-11-20-17(19)21-13-18(4,5)15-7-9-16(10-8-15)22-12-14(2)3/h6-10,14H,1,11-13H2,2-5H3,(H3,19,20,21). The number of hydrogen-bond acceptors (Lipinski definition) is 2. The van der Waals surface area contributed by atoms with Crippen LogP contribution < -0.4 is 15.8 Å². The average molecular weight is 303 g/mol. The van der Waals surface area contributed by atoms with E-state index in [4.69, 9.17) is 10.5 Å². The lowest BCUT2D eigenvalue weighted by molar-refractivity contribution is 0.271. The summed E-state index contributed by atoms with van der Waals surface area (Å²) in [7, 11) is 0. The molecule has 122 valence electrons. The third-order valence-corrected chi connectivity index (χ3v) is 3.29. The minimum absolute atomic E-state index is 0.0863. The van der Waals surface area contributed by atoms with Crippen LogP contribution in [0.3, 0.4) is 0 Å². The van der Waals surface area contributed by atoms with Crippen molar-refractivity contribution in [3.05, 3.63) is 42.5 Å². The maximum Gasteiger partial charge on any atom is 0.188 e. The van der Waals surface area contributed by atoms with Gasteiger partial charge in [-0.1, -0.05) is 45.9 Å². The summed E-state index contributed by atoms with van der Waals surface area (Å²) in [4.78, 5) is 4.40. The van der Waals surface area contributed by atoms with Crippen molar-refractivity contribution < 1.29 is 4.74 Å². The van der Waals surface area contributed by atoms with Crippen molar-refractivity contribution in [1.29, 1.82) is 0 Å². The molecule has 4 heteroatoms. The minimum Gasteiger partial charge on any atom is -0.493 e. The van der Waals surface area contributed by atoms with Crippen LogP contribution in [0.2, 0.25) is 0 Å². The van der Waals surface area contributed by atoms with Gasteiger partial charge in [-0.15, -0.1) is 6.58 Å². The molecule has 0 aromatic heterocycles. The predicted molar refractivity (Wildman–Crippen MR) is 94.5 cm³/mol. The number of ether oxygens (including phenoxy) is 1. The zero-order valence-electron chi connectivity index (χ0n) is 14.2. The molecule has 0 radical (unpaired) electrons. The van der Waals surface area contributed by atoms with Crippen molar-refractivity contribution in [3.8, 4) is 5.75 Å². The van der Waals surface area contributed by atoms with Crippen molar-refractivity contribution >= 4 is 5.96 Å². The third kappa shape index (κ3) is 6.20. The largest absolute Gasteiger partial charge is 0.493 e. The van der Waals surface area contributed by atoms with E-state index in [1.165, 1.54) is 5.56 Å². The van der Waals surface area contributed by atoms with E-state index in [0.717, 1.165) is 12.4 Å². The number of nitrogens with one attached hydrogen (secondary N) is 1. The van der Waals surface area contributed by atoms with Gasteiger partial charge in [-0.25, -0.2) is 0 Å². The lowest BCUT2D eigenvalue weighted by Gasteiger charge is -2.23. The van der Waals surface area contributed by atoms with Gasteiger partial charge in [-0.05, 0) is 23.6 Å². The maximum absolute atomic E-state index is 5.81. The van der Waals surface area contributed by atoms with Crippen molar-refractivity contribution in [2.45, 2.75) is 33.1 Å². The van der Waals surface area contributed by atoms with Crippen molar-refractivity contribution in [2.75, 3.05) is 19.7 Å². The van der Waals surface area contributed by atoms with Crippen LogP contribution >= 0.6 is 0 Å². The molecule has 22 heavy (non-hydrogen) atoms. The quantitative estimate of drug-likeness (QED) is 0.441. The molecule has 3 N–H and O–H groups in total. The van der Waals surface area contributed by atoms with Crippen molar-refractivity contribution in [3.63, 3.8) is 0 Å². The van der Waals surface area contributed by atoms with Gasteiger partial charge >= 0.3 is 0 Å². The number of nitrogens with two attached hydrogens (primary N) is 1. The van der Waals surface area contributed by atoms with E-state index in [-0.39, 0.29) is 5.41 Å². The van der Waals surface area contributed by atoms with Crippen LogP contribution in [-0.2, 0) is 5.41 Å². The number of hydrogen-bond donors (Lipinski definition) is 2. The topological polar surface area (TPSA) is 59.6 Å². The Morgan fingerprint density at radius 2 is 2.00 bits per heavy atom. The molecular weight excluding hydrogens is 274 g/mol. The molecule has 0 amide bonds. The van der Waals surface area contributed by atoms with Gasteiger partial charge in [0.1, 0.15) is 5.75 Å². The van der Waals surface area contributed by atoms with Crippen molar-refractivity contribution in [2.24, 2.45) is 16.6 Å². The Morgan fingerprint density at radius 3 is 2.55 bits per heavy atom. The highest BCUT2D eigenvalue weighted by atomic mass is 16.5. The van der Waals surface area contributed by atoms with E-state index in [0.29, 0.717) is 25.0 Å². The van der Waals surface area contributed by atoms with Crippen LogP contribution in [0.1, 0.15) is 33.3 Å². The van der Waals surface area contributed by atoms with Gasteiger partial charge in [0.2, 0.25) is 0 Å². The van der Waals surface area contributed by atoms with Gasteiger partial charge < -0.3 is 15.8 Å². The zero-order valence-corrected chi connectivity index (χ0v) is 14.2. The van der Waals surface area contributed by atoms with E-state index >= 15 is 0 Å². The van der Waals surface area contributed by atoms with Gasteiger partial charge in [0.25, 0.3) is 0 Å². The molecule has 0 saturated heterocycles. The molecule has 0 unspecified atom stereocenters. The first-order valence-corrected chi connectivity index (χ1v) is 7.73. The molecule has 0 aliphatic carbocycles. The summed E-state index contributed by atoms with van der Waals surface area (Å²) in [6, 6.07) is 8.22.